The zero-order chi connectivity index (χ0) is 20.6. The predicted molar refractivity (Wildman–Crippen MR) is 125 cm³/mol. The number of rotatable bonds is 7. The highest BCUT2D eigenvalue weighted by Gasteiger charge is 2.25. The minimum atomic E-state index is -1.14. The van der Waals surface area contributed by atoms with Crippen molar-refractivity contribution < 1.29 is 9.90 Å². The number of aromatic nitrogens is 2. The van der Waals surface area contributed by atoms with Crippen LogP contribution in [0.25, 0.3) is 0 Å². The molecule has 0 saturated heterocycles. The van der Waals surface area contributed by atoms with E-state index in [-0.39, 0.29) is 43.0 Å². The van der Waals surface area contributed by atoms with Crippen LogP contribution in [0.4, 0.5) is 5.69 Å². The summed E-state index contributed by atoms with van der Waals surface area (Å²) < 4.78 is 1.63. The Kier molecular flexibility index (Phi) is 9.64. The molecule has 9 heteroatoms. The van der Waals surface area contributed by atoms with Gasteiger partial charge in [-0.2, -0.15) is 5.10 Å². The van der Waals surface area contributed by atoms with Gasteiger partial charge in [0.15, 0.2) is 5.96 Å². The van der Waals surface area contributed by atoms with Crippen molar-refractivity contribution in [3.63, 3.8) is 0 Å². The Morgan fingerprint density at radius 2 is 2.17 bits per heavy atom. The number of benzene rings is 1. The molecule has 1 atom stereocenters. The standard InChI is InChI=1S/C20H26N6O2.HI/c1-5-15-8-7-9-17(10-15)25-18(27)12-22-19(21-6-2)23-14-20(3,28)16-11-24-26(4)13-16;/h1,7-11,13,28H,6,12,14H2,2-4H3,(H,25,27)(H2,21,22,23);1H. The molecule has 1 amide bonds. The molecule has 2 aromatic rings. The molecule has 0 aliphatic carbocycles. The third-order valence-corrected chi connectivity index (χ3v) is 3.96. The molecular formula is C20H27IN6O2. The molecule has 29 heavy (non-hydrogen) atoms. The van der Waals surface area contributed by atoms with Gasteiger partial charge in [-0.1, -0.05) is 12.0 Å². The summed E-state index contributed by atoms with van der Waals surface area (Å²) in [5, 5.41) is 23.6. The van der Waals surface area contributed by atoms with Gasteiger partial charge < -0.3 is 21.1 Å². The lowest BCUT2D eigenvalue weighted by molar-refractivity contribution is -0.114. The van der Waals surface area contributed by atoms with Gasteiger partial charge in [-0.15, -0.1) is 30.4 Å². The molecule has 4 N–H and O–H groups in total. The lowest BCUT2D eigenvalue weighted by Gasteiger charge is -2.23. The third kappa shape index (κ3) is 7.75. The van der Waals surface area contributed by atoms with E-state index < -0.39 is 5.60 Å². The van der Waals surface area contributed by atoms with Crippen LogP contribution in [0.2, 0.25) is 0 Å². The van der Waals surface area contributed by atoms with Crippen LogP contribution < -0.4 is 16.0 Å². The Balaban J connectivity index is 0.00000420. The second kappa shape index (κ2) is 11.4. The number of carbonyl (C=O) groups excluding carboxylic acids is 1. The topological polar surface area (TPSA) is 104 Å². The summed E-state index contributed by atoms with van der Waals surface area (Å²) in [6, 6.07) is 7.04. The molecule has 0 fully saturated rings. The predicted octanol–water partition coefficient (Wildman–Crippen LogP) is 1.42. The van der Waals surface area contributed by atoms with E-state index in [1.165, 1.54) is 0 Å². The molecule has 156 valence electrons. The molecule has 8 nitrogen and oxygen atoms in total. The van der Waals surface area contributed by atoms with Crippen molar-refractivity contribution in [1.82, 2.24) is 20.4 Å². The van der Waals surface area contributed by atoms with E-state index in [1.807, 2.05) is 6.92 Å². The van der Waals surface area contributed by atoms with Crippen LogP contribution in [0, 0.1) is 12.3 Å². The number of aliphatic imine (C=N–C) groups is 1. The van der Waals surface area contributed by atoms with E-state index in [4.69, 9.17) is 6.42 Å². The number of carbonyl (C=O) groups is 1. The summed E-state index contributed by atoms with van der Waals surface area (Å²) in [7, 11) is 1.79. The fraction of sp³-hybridized carbons (Fsp3) is 0.350. The lowest BCUT2D eigenvalue weighted by Crippen LogP contribution is -2.44. The SMILES string of the molecule is C#Cc1cccc(NC(=O)CN=C(NCC)NCC(C)(O)c2cnn(C)c2)c1.I. The molecule has 0 saturated carbocycles. The molecule has 1 unspecified atom stereocenters. The average Bonchev–Trinajstić information content (AvgIpc) is 3.11. The monoisotopic (exact) mass is 510 g/mol. The van der Waals surface area contributed by atoms with Crippen molar-refractivity contribution in [2.24, 2.45) is 12.0 Å². The second-order valence-corrected chi connectivity index (χ2v) is 6.50. The first-order chi connectivity index (χ1) is 13.3. The van der Waals surface area contributed by atoms with E-state index in [1.54, 1.807) is 55.3 Å². The van der Waals surface area contributed by atoms with E-state index in [9.17, 15) is 9.90 Å². The molecule has 2 rings (SSSR count). The molecule has 0 aliphatic rings. The Bertz CT molecular complexity index is 885. The van der Waals surface area contributed by atoms with Crippen LogP contribution in [0.1, 0.15) is 25.0 Å². The number of halogens is 1. The number of hydrogen-bond donors (Lipinski definition) is 4. The fourth-order valence-corrected chi connectivity index (χ4v) is 2.44. The van der Waals surface area contributed by atoms with Gasteiger partial charge in [-0.25, -0.2) is 4.99 Å². The number of hydrogen-bond acceptors (Lipinski definition) is 4. The Hall–Kier alpha value is -2.58. The maximum absolute atomic E-state index is 12.2. The number of nitrogens with zero attached hydrogens (tertiary/aromatic N) is 3. The molecule has 1 aromatic heterocycles. The number of aliphatic hydroxyl groups is 1. The van der Waals surface area contributed by atoms with Gasteiger partial charge in [0.2, 0.25) is 5.91 Å². The van der Waals surface area contributed by atoms with E-state index in [2.05, 4.69) is 32.0 Å². The molecule has 0 bridgehead atoms. The van der Waals surface area contributed by atoms with Crippen molar-refractivity contribution in [1.29, 1.82) is 0 Å². The number of amides is 1. The minimum absolute atomic E-state index is 0. The summed E-state index contributed by atoms with van der Waals surface area (Å²) >= 11 is 0. The summed E-state index contributed by atoms with van der Waals surface area (Å²) in [5.41, 5.74) is 0.856. The quantitative estimate of drug-likeness (QED) is 0.195. The van der Waals surface area contributed by atoms with Crippen molar-refractivity contribution >= 4 is 41.5 Å². The number of terminal acetylenes is 1. The van der Waals surface area contributed by atoms with Gasteiger partial charge in [0.05, 0.1) is 12.7 Å². The number of aryl methyl sites for hydroxylation is 1. The molecule has 1 aromatic carbocycles. The van der Waals surface area contributed by atoms with Crippen LogP contribution in [-0.2, 0) is 17.4 Å². The minimum Gasteiger partial charge on any atom is -0.383 e. The second-order valence-electron chi connectivity index (χ2n) is 6.50. The van der Waals surface area contributed by atoms with E-state index >= 15 is 0 Å². The van der Waals surface area contributed by atoms with Gasteiger partial charge in [-0.3, -0.25) is 9.48 Å². The largest absolute Gasteiger partial charge is 0.383 e. The van der Waals surface area contributed by atoms with E-state index in [0.717, 1.165) is 0 Å². The first-order valence-corrected chi connectivity index (χ1v) is 8.94. The first-order valence-electron chi connectivity index (χ1n) is 8.94. The van der Waals surface area contributed by atoms with Gasteiger partial charge in [0.1, 0.15) is 12.1 Å². The van der Waals surface area contributed by atoms with Crippen molar-refractivity contribution in [3.05, 3.63) is 47.8 Å². The molecule has 0 aliphatic heterocycles. The van der Waals surface area contributed by atoms with Gasteiger partial charge in [0, 0.05) is 36.6 Å². The average molecular weight is 510 g/mol. The highest BCUT2D eigenvalue weighted by molar-refractivity contribution is 14.0. The van der Waals surface area contributed by atoms with Crippen LogP contribution in [-0.4, -0.2) is 46.4 Å². The van der Waals surface area contributed by atoms with Gasteiger partial charge >= 0.3 is 0 Å². The molecule has 0 radical (unpaired) electrons. The number of nitrogens with one attached hydrogen (secondary N) is 3. The summed E-state index contributed by atoms with van der Waals surface area (Å²) in [4.78, 5) is 16.4. The molecule has 0 spiro atoms. The maximum atomic E-state index is 12.2. The fourth-order valence-electron chi connectivity index (χ4n) is 2.44. The van der Waals surface area contributed by atoms with Crippen LogP contribution >= 0.6 is 24.0 Å². The highest BCUT2D eigenvalue weighted by Crippen LogP contribution is 2.18. The van der Waals surface area contributed by atoms with Gasteiger partial charge in [-0.05, 0) is 32.0 Å². The Labute approximate surface area is 188 Å². The van der Waals surface area contributed by atoms with Crippen molar-refractivity contribution in [2.45, 2.75) is 19.4 Å². The lowest BCUT2D eigenvalue weighted by atomic mass is 10.00. The normalized spacial score (nSPS) is 12.9. The Morgan fingerprint density at radius 3 is 2.79 bits per heavy atom. The maximum Gasteiger partial charge on any atom is 0.246 e. The zero-order valence-electron chi connectivity index (χ0n) is 16.8. The third-order valence-electron chi connectivity index (χ3n) is 3.96. The van der Waals surface area contributed by atoms with Crippen LogP contribution in [0.5, 0.6) is 0 Å². The van der Waals surface area contributed by atoms with Crippen LogP contribution in [0.3, 0.4) is 0 Å². The first kappa shape index (κ1) is 24.5. The van der Waals surface area contributed by atoms with Gasteiger partial charge in [0.25, 0.3) is 0 Å². The van der Waals surface area contributed by atoms with Crippen molar-refractivity contribution in [3.8, 4) is 12.3 Å². The summed E-state index contributed by atoms with van der Waals surface area (Å²) in [6.07, 6.45) is 8.73. The molecule has 1 heterocycles. The van der Waals surface area contributed by atoms with Crippen molar-refractivity contribution in [2.75, 3.05) is 25.0 Å². The number of guanidine groups is 1. The van der Waals surface area contributed by atoms with Crippen LogP contribution in [0.15, 0.2) is 41.7 Å². The highest BCUT2D eigenvalue weighted by atomic mass is 127. The summed E-state index contributed by atoms with van der Waals surface area (Å²) in [5.74, 6) is 2.68. The molecular weight excluding hydrogens is 483 g/mol. The zero-order valence-corrected chi connectivity index (χ0v) is 19.1. The number of anilines is 1. The Morgan fingerprint density at radius 1 is 1.41 bits per heavy atom. The smallest absolute Gasteiger partial charge is 0.246 e. The summed E-state index contributed by atoms with van der Waals surface area (Å²) in [6.45, 7) is 4.35. The van der Waals surface area contributed by atoms with E-state index in [0.29, 0.717) is 29.3 Å².